The molecule has 2 heterocycles. The summed E-state index contributed by atoms with van der Waals surface area (Å²) in [4.78, 5) is 34.0. The topological polar surface area (TPSA) is 163 Å². The second-order valence-electron chi connectivity index (χ2n) is 6.00. The normalized spacial score (nSPS) is 33.0. The number of carboxylic acids is 1. The maximum atomic E-state index is 11.9. The van der Waals surface area contributed by atoms with Crippen LogP contribution < -0.4 is 16.8 Å². The molecule has 0 aromatic heterocycles. The molecule has 0 bridgehead atoms. The fourth-order valence-electron chi connectivity index (χ4n) is 2.58. The molecule has 2 rings (SSSR count). The van der Waals surface area contributed by atoms with Crippen LogP contribution in [0.1, 0.15) is 26.7 Å². The number of aliphatic carboxylic acids is 1. The largest absolute Gasteiger partial charge is 0.480 e. The Hall–Kier alpha value is -1.75. The maximum Gasteiger partial charge on any atom is 0.320 e. The summed E-state index contributed by atoms with van der Waals surface area (Å²) in [5.41, 5.74) is 10.6. The highest BCUT2D eigenvalue weighted by atomic mass is 16.8. The summed E-state index contributed by atoms with van der Waals surface area (Å²) >= 11 is 0. The van der Waals surface area contributed by atoms with Crippen molar-refractivity contribution in [3.63, 3.8) is 0 Å². The molecule has 23 heavy (non-hydrogen) atoms. The Morgan fingerprint density at radius 1 is 1.26 bits per heavy atom. The Kier molecular flexibility index (Phi) is 4.90. The van der Waals surface area contributed by atoms with E-state index in [0.29, 0.717) is 0 Å². The Morgan fingerprint density at radius 3 is 2.43 bits per heavy atom. The van der Waals surface area contributed by atoms with Crippen LogP contribution in [0.4, 0.5) is 0 Å². The van der Waals surface area contributed by atoms with Crippen molar-refractivity contribution >= 4 is 17.8 Å². The lowest BCUT2D eigenvalue weighted by Crippen LogP contribution is -2.44. The van der Waals surface area contributed by atoms with Crippen molar-refractivity contribution in [3.05, 3.63) is 0 Å². The van der Waals surface area contributed by atoms with Gasteiger partial charge in [0.25, 0.3) is 0 Å². The van der Waals surface area contributed by atoms with E-state index in [2.05, 4.69) is 5.32 Å². The van der Waals surface area contributed by atoms with Gasteiger partial charge in [-0.2, -0.15) is 0 Å². The van der Waals surface area contributed by atoms with Crippen LogP contribution >= 0.6 is 0 Å². The van der Waals surface area contributed by atoms with Crippen LogP contribution in [0.2, 0.25) is 0 Å². The monoisotopic (exact) mass is 331 g/mol. The van der Waals surface area contributed by atoms with Gasteiger partial charge in [0.05, 0.1) is 0 Å². The van der Waals surface area contributed by atoms with Crippen LogP contribution in [0.25, 0.3) is 0 Å². The van der Waals surface area contributed by atoms with Crippen molar-refractivity contribution in [2.45, 2.75) is 63.1 Å². The van der Waals surface area contributed by atoms with E-state index < -0.39 is 54.2 Å². The zero-order chi connectivity index (χ0) is 17.4. The number of hydrogen-bond donors (Lipinski definition) is 4. The molecule has 0 aliphatic carbocycles. The van der Waals surface area contributed by atoms with Crippen LogP contribution in [0.15, 0.2) is 0 Å². The number of ether oxygens (including phenoxy) is 3. The van der Waals surface area contributed by atoms with Crippen LogP contribution in [-0.2, 0) is 28.6 Å². The molecule has 0 saturated carbocycles. The number of nitrogens with one attached hydrogen (secondary N) is 1. The molecule has 2 saturated heterocycles. The lowest BCUT2D eigenvalue weighted by atomic mass is 10.1. The lowest BCUT2D eigenvalue weighted by molar-refractivity contribution is -0.192. The quantitative estimate of drug-likeness (QED) is 0.435. The average molecular weight is 331 g/mol. The van der Waals surface area contributed by atoms with E-state index in [1.165, 1.54) is 0 Å². The first-order valence-corrected chi connectivity index (χ1v) is 7.19. The third kappa shape index (κ3) is 3.96. The molecule has 2 fully saturated rings. The molecule has 2 aliphatic rings. The number of amides is 2. The Balaban J connectivity index is 1.95. The number of primary amides is 1. The Bertz CT molecular complexity index is 510. The zero-order valence-corrected chi connectivity index (χ0v) is 12.9. The van der Waals surface area contributed by atoms with E-state index in [1.54, 1.807) is 13.8 Å². The summed E-state index contributed by atoms with van der Waals surface area (Å²) in [7, 11) is 0. The fourth-order valence-corrected chi connectivity index (χ4v) is 2.58. The Labute approximate surface area is 132 Å². The fraction of sp³-hybridized carbons (Fsp3) is 0.769. The number of fused-ring (bicyclic) bond motifs is 1. The Morgan fingerprint density at radius 2 is 1.87 bits per heavy atom. The number of carbonyl (C=O) groups is 3. The van der Waals surface area contributed by atoms with Crippen molar-refractivity contribution in [3.8, 4) is 0 Å². The van der Waals surface area contributed by atoms with Gasteiger partial charge in [0.1, 0.15) is 18.2 Å². The second kappa shape index (κ2) is 6.40. The SMILES string of the molecule is CC1(C)O[C@@H]2C(C(N)=O)OC(NC(=O)CC[C@H](N)C(=O)O)[C@@H]2O1. The molecule has 10 heteroatoms. The highest BCUT2D eigenvalue weighted by Crippen LogP contribution is 2.37. The summed E-state index contributed by atoms with van der Waals surface area (Å²) in [5, 5.41) is 11.2. The highest BCUT2D eigenvalue weighted by Gasteiger charge is 2.57. The molecule has 5 atom stereocenters. The molecule has 0 aromatic carbocycles. The molecule has 130 valence electrons. The maximum absolute atomic E-state index is 11.9. The van der Waals surface area contributed by atoms with Crippen molar-refractivity contribution < 1.29 is 33.7 Å². The highest BCUT2D eigenvalue weighted by molar-refractivity contribution is 5.81. The lowest BCUT2D eigenvalue weighted by Gasteiger charge is -2.23. The van der Waals surface area contributed by atoms with Gasteiger partial charge in [0, 0.05) is 6.42 Å². The number of hydrogen-bond acceptors (Lipinski definition) is 7. The predicted molar refractivity (Wildman–Crippen MR) is 74.7 cm³/mol. The first-order chi connectivity index (χ1) is 10.6. The average Bonchev–Trinajstić information content (AvgIpc) is 2.90. The van der Waals surface area contributed by atoms with Gasteiger partial charge in [-0.3, -0.25) is 14.4 Å². The number of rotatable bonds is 6. The van der Waals surface area contributed by atoms with Crippen molar-refractivity contribution in [2.75, 3.05) is 0 Å². The third-order valence-corrected chi connectivity index (χ3v) is 3.64. The van der Waals surface area contributed by atoms with Gasteiger partial charge in [-0.15, -0.1) is 0 Å². The molecule has 0 radical (unpaired) electrons. The van der Waals surface area contributed by atoms with Crippen LogP contribution in [0.5, 0.6) is 0 Å². The van der Waals surface area contributed by atoms with Crippen molar-refractivity contribution in [2.24, 2.45) is 11.5 Å². The van der Waals surface area contributed by atoms with Gasteiger partial charge in [-0.05, 0) is 20.3 Å². The van der Waals surface area contributed by atoms with E-state index in [0.717, 1.165) is 0 Å². The second-order valence-corrected chi connectivity index (χ2v) is 6.00. The predicted octanol–water partition coefficient (Wildman–Crippen LogP) is -1.97. The van der Waals surface area contributed by atoms with Gasteiger partial charge in [0.2, 0.25) is 11.8 Å². The van der Waals surface area contributed by atoms with Gasteiger partial charge in [-0.1, -0.05) is 0 Å². The minimum Gasteiger partial charge on any atom is -0.480 e. The molecular weight excluding hydrogens is 310 g/mol. The van der Waals surface area contributed by atoms with E-state index in [1.807, 2.05) is 0 Å². The first kappa shape index (κ1) is 17.6. The summed E-state index contributed by atoms with van der Waals surface area (Å²) in [5.74, 6) is -3.30. The zero-order valence-electron chi connectivity index (χ0n) is 12.9. The molecule has 2 unspecified atom stereocenters. The first-order valence-electron chi connectivity index (χ1n) is 7.19. The van der Waals surface area contributed by atoms with Gasteiger partial charge >= 0.3 is 5.97 Å². The van der Waals surface area contributed by atoms with Crippen molar-refractivity contribution in [1.82, 2.24) is 5.32 Å². The standard InChI is InChI=1S/C13H21N3O7/c1-13(2)22-7-8(10(15)18)21-11(9(7)23-13)16-6(17)4-3-5(14)12(19)20/h5,7-9,11H,3-4,14H2,1-2H3,(H2,15,18)(H,16,17)(H,19,20)/t5-,7+,8?,9+,11?/m0/s1. The van der Waals surface area contributed by atoms with Crippen LogP contribution in [0.3, 0.4) is 0 Å². The molecule has 2 aliphatic heterocycles. The van der Waals surface area contributed by atoms with Gasteiger partial charge < -0.3 is 36.1 Å². The third-order valence-electron chi connectivity index (χ3n) is 3.64. The minimum atomic E-state index is -1.18. The smallest absolute Gasteiger partial charge is 0.320 e. The molecule has 10 nitrogen and oxygen atoms in total. The molecule has 6 N–H and O–H groups in total. The van der Waals surface area contributed by atoms with Gasteiger partial charge in [0.15, 0.2) is 18.1 Å². The minimum absolute atomic E-state index is 0.0237. The summed E-state index contributed by atoms with van der Waals surface area (Å²) in [6.07, 6.45) is -3.46. The van der Waals surface area contributed by atoms with Crippen molar-refractivity contribution in [1.29, 1.82) is 0 Å². The van der Waals surface area contributed by atoms with Crippen LogP contribution in [-0.4, -0.2) is 59.3 Å². The molecule has 0 spiro atoms. The summed E-state index contributed by atoms with van der Waals surface area (Å²) < 4.78 is 16.6. The van der Waals surface area contributed by atoms with E-state index in [4.69, 9.17) is 30.8 Å². The van der Waals surface area contributed by atoms with E-state index in [-0.39, 0.29) is 12.8 Å². The number of carboxylic acid groups (broad SMARTS) is 1. The number of carbonyl (C=O) groups excluding carboxylic acids is 2. The molecule has 2 amide bonds. The van der Waals surface area contributed by atoms with E-state index >= 15 is 0 Å². The van der Waals surface area contributed by atoms with E-state index in [9.17, 15) is 14.4 Å². The summed E-state index contributed by atoms with van der Waals surface area (Å²) in [6.45, 7) is 3.35. The van der Waals surface area contributed by atoms with Crippen LogP contribution in [0, 0.1) is 0 Å². The van der Waals surface area contributed by atoms with Gasteiger partial charge in [-0.25, -0.2) is 0 Å². The number of nitrogens with two attached hydrogens (primary N) is 2. The summed E-state index contributed by atoms with van der Waals surface area (Å²) in [6, 6.07) is -1.12. The molecule has 0 aromatic rings. The molecular formula is C13H21N3O7.